The third kappa shape index (κ3) is 4.06. The molecule has 0 unspecified atom stereocenters. The molecule has 0 saturated carbocycles. The van der Waals surface area contributed by atoms with E-state index in [1.54, 1.807) is 17.7 Å². The Morgan fingerprint density at radius 2 is 2.07 bits per heavy atom. The second-order valence-corrected chi connectivity index (χ2v) is 6.49. The van der Waals surface area contributed by atoms with E-state index in [-0.39, 0.29) is 0 Å². The Balaban J connectivity index is 2.03. The minimum absolute atomic E-state index is 0.322. The largest absolute Gasteiger partial charge is 0.382 e. The second kappa shape index (κ2) is 8.41. The molecular formula is C18H22ClN5O3. The maximum atomic E-state index is 12.5. The van der Waals surface area contributed by atoms with Crippen molar-refractivity contribution < 1.29 is 4.74 Å². The first-order valence-electron chi connectivity index (χ1n) is 8.77. The number of rotatable bonds is 8. The molecule has 2 aromatic heterocycles. The molecule has 2 N–H and O–H groups in total. The lowest BCUT2D eigenvalue weighted by atomic mass is 10.2. The predicted molar refractivity (Wildman–Crippen MR) is 106 cm³/mol. The Hall–Kier alpha value is -2.58. The number of benzene rings is 1. The van der Waals surface area contributed by atoms with Crippen LogP contribution in [-0.4, -0.2) is 38.9 Å². The highest BCUT2D eigenvalue weighted by molar-refractivity contribution is 6.31. The lowest BCUT2D eigenvalue weighted by Crippen LogP contribution is -2.29. The highest BCUT2D eigenvalue weighted by atomic mass is 35.5. The van der Waals surface area contributed by atoms with Gasteiger partial charge in [-0.2, -0.15) is 4.98 Å². The first-order valence-corrected chi connectivity index (χ1v) is 9.15. The summed E-state index contributed by atoms with van der Waals surface area (Å²) >= 11 is 6.29. The molecule has 0 radical (unpaired) electrons. The van der Waals surface area contributed by atoms with Crippen LogP contribution in [0.2, 0.25) is 5.02 Å². The van der Waals surface area contributed by atoms with Crippen LogP contribution in [0.5, 0.6) is 0 Å². The Labute approximate surface area is 160 Å². The molecule has 9 heteroatoms. The van der Waals surface area contributed by atoms with Crippen LogP contribution in [-0.2, 0) is 18.3 Å². The molecule has 27 heavy (non-hydrogen) atoms. The molecule has 0 saturated heterocycles. The zero-order valence-electron chi connectivity index (χ0n) is 15.3. The summed E-state index contributed by atoms with van der Waals surface area (Å²) in [4.78, 5) is 31.2. The second-order valence-electron chi connectivity index (χ2n) is 6.08. The van der Waals surface area contributed by atoms with Crippen LogP contribution in [0.15, 0.2) is 33.9 Å². The summed E-state index contributed by atoms with van der Waals surface area (Å²) in [5, 5.41) is 3.84. The zero-order chi connectivity index (χ0) is 19.4. The van der Waals surface area contributed by atoms with Gasteiger partial charge in [0.1, 0.15) is 0 Å². The minimum Gasteiger partial charge on any atom is -0.382 e. The van der Waals surface area contributed by atoms with Gasteiger partial charge in [0.15, 0.2) is 11.2 Å². The fourth-order valence-electron chi connectivity index (χ4n) is 2.84. The summed E-state index contributed by atoms with van der Waals surface area (Å²) in [6, 6.07) is 7.42. The molecule has 3 rings (SSSR count). The molecule has 0 fully saturated rings. The van der Waals surface area contributed by atoms with Crippen molar-refractivity contribution in [3.63, 3.8) is 0 Å². The van der Waals surface area contributed by atoms with E-state index in [9.17, 15) is 9.59 Å². The van der Waals surface area contributed by atoms with Crippen molar-refractivity contribution >= 4 is 28.7 Å². The van der Waals surface area contributed by atoms with Crippen LogP contribution in [0.4, 0.5) is 5.95 Å². The monoisotopic (exact) mass is 391 g/mol. The predicted octanol–water partition coefficient (Wildman–Crippen LogP) is 1.96. The Kier molecular flexibility index (Phi) is 5.98. The summed E-state index contributed by atoms with van der Waals surface area (Å²) in [6.45, 7) is 4.22. The van der Waals surface area contributed by atoms with Crippen LogP contribution >= 0.6 is 11.6 Å². The minimum atomic E-state index is -0.502. The molecule has 0 amide bonds. The highest BCUT2D eigenvalue weighted by Crippen LogP contribution is 2.21. The van der Waals surface area contributed by atoms with E-state index < -0.39 is 11.2 Å². The van der Waals surface area contributed by atoms with E-state index in [2.05, 4.69) is 15.3 Å². The fourth-order valence-corrected chi connectivity index (χ4v) is 3.03. The van der Waals surface area contributed by atoms with Crippen LogP contribution in [0, 0.1) is 0 Å². The number of ether oxygens (including phenoxy) is 1. The maximum Gasteiger partial charge on any atom is 0.329 e. The topological polar surface area (TPSA) is 93.9 Å². The first-order chi connectivity index (χ1) is 13.0. The third-order valence-electron chi connectivity index (χ3n) is 4.25. The van der Waals surface area contributed by atoms with Crippen molar-refractivity contribution in [1.29, 1.82) is 0 Å². The van der Waals surface area contributed by atoms with E-state index in [0.717, 1.165) is 12.0 Å². The molecule has 2 heterocycles. The Morgan fingerprint density at radius 1 is 1.30 bits per heavy atom. The van der Waals surface area contributed by atoms with Crippen LogP contribution < -0.4 is 16.6 Å². The van der Waals surface area contributed by atoms with Gasteiger partial charge in [-0.05, 0) is 25.0 Å². The van der Waals surface area contributed by atoms with Gasteiger partial charge in [-0.15, -0.1) is 0 Å². The summed E-state index contributed by atoms with van der Waals surface area (Å²) in [5.74, 6) is 0.508. The first kappa shape index (κ1) is 19.2. The average molecular weight is 392 g/mol. The number of hydrogen-bond acceptors (Lipinski definition) is 5. The summed E-state index contributed by atoms with van der Waals surface area (Å²) < 4.78 is 8.41. The number of H-pyrrole nitrogens is 1. The lowest BCUT2D eigenvalue weighted by Gasteiger charge is -2.11. The van der Waals surface area contributed by atoms with Gasteiger partial charge in [0.25, 0.3) is 5.56 Å². The van der Waals surface area contributed by atoms with Gasteiger partial charge in [-0.1, -0.05) is 29.8 Å². The lowest BCUT2D eigenvalue weighted by molar-refractivity contribution is 0.147. The quantitative estimate of drug-likeness (QED) is 0.572. The maximum absolute atomic E-state index is 12.5. The number of fused-ring (bicyclic) bond motifs is 1. The average Bonchev–Trinajstić information content (AvgIpc) is 3.00. The molecule has 0 aliphatic heterocycles. The molecule has 0 aliphatic rings. The summed E-state index contributed by atoms with van der Waals surface area (Å²) in [6.07, 6.45) is 0.790. The van der Waals surface area contributed by atoms with Crippen LogP contribution in [0.1, 0.15) is 18.9 Å². The van der Waals surface area contributed by atoms with Crippen LogP contribution in [0.25, 0.3) is 11.2 Å². The van der Waals surface area contributed by atoms with Crippen molar-refractivity contribution in [3.8, 4) is 0 Å². The summed E-state index contributed by atoms with van der Waals surface area (Å²) in [7, 11) is 1.58. The van der Waals surface area contributed by atoms with E-state index in [4.69, 9.17) is 16.3 Å². The number of halogens is 1. The van der Waals surface area contributed by atoms with Gasteiger partial charge >= 0.3 is 5.69 Å². The van der Waals surface area contributed by atoms with Gasteiger partial charge in [0, 0.05) is 31.8 Å². The molecule has 144 valence electrons. The smallest absolute Gasteiger partial charge is 0.329 e. The SMILES string of the molecule is CCOCCCNc1nc2c(c(=O)[nH]c(=O)n2C)n1Cc1ccccc1Cl. The molecule has 1 aromatic carbocycles. The molecule has 8 nitrogen and oxygen atoms in total. The zero-order valence-corrected chi connectivity index (χ0v) is 16.0. The van der Waals surface area contributed by atoms with E-state index in [1.165, 1.54) is 4.57 Å². The number of aromatic amines is 1. The number of anilines is 1. The van der Waals surface area contributed by atoms with E-state index in [1.807, 2.05) is 25.1 Å². The Bertz CT molecular complexity index is 1050. The summed E-state index contributed by atoms with van der Waals surface area (Å²) in [5.41, 5.74) is 0.518. The number of aromatic nitrogens is 4. The van der Waals surface area contributed by atoms with Gasteiger partial charge in [-0.25, -0.2) is 4.79 Å². The van der Waals surface area contributed by atoms with Crippen molar-refractivity contribution in [2.75, 3.05) is 25.1 Å². The number of aryl methyl sites for hydroxylation is 1. The third-order valence-corrected chi connectivity index (χ3v) is 4.61. The van der Waals surface area contributed by atoms with Gasteiger partial charge in [0.05, 0.1) is 6.54 Å². The van der Waals surface area contributed by atoms with E-state index >= 15 is 0 Å². The van der Waals surface area contributed by atoms with Crippen molar-refractivity contribution in [2.24, 2.45) is 7.05 Å². The van der Waals surface area contributed by atoms with Gasteiger partial charge in [-0.3, -0.25) is 18.9 Å². The molecular weight excluding hydrogens is 370 g/mol. The number of nitrogens with zero attached hydrogens (tertiary/aromatic N) is 3. The molecule has 0 atom stereocenters. The number of imidazole rings is 1. The molecule has 0 aliphatic carbocycles. The molecule has 0 bridgehead atoms. The van der Waals surface area contributed by atoms with Gasteiger partial charge < -0.3 is 10.1 Å². The standard InChI is InChI=1S/C18H22ClN5O3/c1-3-27-10-6-9-20-17-21-15-14(16(25)22-18(26)23(15)2)24(17)11-12-7-4-5-8-13(12)19/h4-5,7-8H,3,6,9-11H2,1-2H3,(H,20,21)(H,22,25,26). The van der Waals surface area contributed by atoms with Crippen molar-refractivity contribution in [2.45, 2.75) is 19.9 Å². The fraction of sp³-hybridized carbons (Fsp3) is 0.389. The van der Waals surface area contributed by atoms with E-state index in [0.29, 0.717) is 48.4 Å². The van der Waals surface area contributed by atoms with Crippen LogP contribution in [0.3, 0.4) is 0 Å². The number of hydrogen-bond donors (Lipinski definition) is 2. The highest BCUT2D eigenvalue weighted by Gasteiger charge is 2.18. The van der Waals surface area contributed by atoms with Crippen molar-refractivity contribution in [3.05, 3.63) is 55.7 Å². The Morgan fingerprint density at radius 3 is 2.81 bits per heavy atom. The van der Waals surface area contributed by atoms with Crippen molar-refractivity contribution in [1.82, 2.24) is 19.1 Å². The number of nitrogens with one attached hydrogen (secondary N) is 2. The molecule has 3 aromatic rings. The molecule has 0 spiro atoms. The normalized spacial score (nSPS) is 11.2. The van der Waals surface area contributed by atoms with Gasteiger partial charge in [0.2, 0.25) is 5.95 Å².